The van der Waals surface area contributed by atoms with Crippen molar-refractivity contribution in [3.05, 3.63) is 96.0 Å². The zero-order chi connectivity index (χ0) is 24.8. The number of nitrogens with one attached hydrogen (secondary N) is 1. The number of nitrogens with zero attached hydrogens (tertiary/aromatic N) is 3. The van der Waals surface area contributed by atoms with Crippen molar-refractivity contribution in [2.45, 2.75) is 0 Å². The summed E-state index contributed by atoms with van der Waals surface area (Å²) in [7, 11) is 1.36. The third-order valence-electron chi connectivity index (χ3n) is 4.32. The van der Waals surface area contributed by atoms with Crippen LogP contribution in [0.15, 0.2) is 59.7 Å². The van der Waals surface area contributed by atoms with Gasteiger partial charge in [0.05, 0.1) is 39.3 Å². The Balaban J connectivity index is 1.77. The van der Waals surface area contributed by atoms with Crippen LogP contribution in [0.25, 0.3) is 0 Å². The number of rotatable bonds is 8. The van der Waals surface area contributed by atoms with E-state index in [2.05, 4.69) is 10.5 Å². The second kappa shape index (κ2) is 10.6. The van der Waals surface area contributed by atoms with E-state index < -0.39 is 27.1 Å². The average Bonchev–Trinajstić information content (AvgIpc) is 2.81. The van der Waals surface area contributed by atoms with Crippen LogP contribution in [0.4, 0.5) is 11.4 Å². The zero-order valence-corrected chi connectivity index (χ0v) is 18.7. The lowest BCUT2D eigenvalue weighted by Gasteiger charge is -2.11. The summed E-state index contributed by atoms with van der Waals surface area (Å²) in [6, 6.07) is 11.9. The van der Waals surface area contributed by atoms with Gasteiger partial charge in [0.2, 0.25) is 5.75 Å². The lowest BCUT2D eigenvalue weighted by molar-refractivity contribution is -0.394. The second-order valence-corrected chi connectivity index (χ2v) is 7.32. The molecule has 0 radical (unpaired) electrons. The van der Waals surface area contributed by atoms with Crippen molar-refractivity contribution in [2.75, 3.05) is 7.11 Å². The molecule has 3 rings (SSSR count). The van der Waals surface area contributed by atoms with Gasteiger partial charge in [-0.05, 0) is 48.0 Å². The quantitative estimate of drug-likeness (QED) is 0.246. The molecule has 13 heteroatoms. The normalized spacial score (nSPS) is 10.7. The van der Waals surface area contributed by atoms with Gasteiger partial charge in [0.25, 0.3) is 11.6 Å². The van der Waals surface area contributed by atoms with Gasteiger partial charge in [-0.15, -0.1) is 0 Å². The summed E-state index contributed by atoms with van der Waals surface area (Å²) in [6.45, 7) is 0. The maximum atomic E-state index is 12.2. The van der Waals surface area contributed by atoms with Crippen molar-refractivity contribution in [1.82, 2.24) is 5.43 Å². The Morgan fingerprint density at radius 3 is 2.32 bits per heavy atom. The number of hydrazone groups is 1. The summed E-state index contributed by atoms with van der Waals surface area (Å²) in [6.07, 6.45) is 1.34. The van der Waals surface area contributed by atoms with Crippen molar-refractivity contribution < 1.29 is 24.1 Å². The number of nitro benzene ring substituents is 2. The van der Waals surface area contributed by atoms with E-state index in [1.807, 2.05) is 0 Å². The number of benzene rings is 3. The molecule has 0 fully saturated rings. The second-order valence-electron chi connectivity index (χ2n) is 6.51. The molecule has 0 atom stereocenters. The molecule has 0 bridgehead atoms. The van der Waals surface area contributed by atoms with Crippen LogP contribution in [0, 0.1) is 20.2 Å². The Hall–Kier alpha value is -4.22. The summed E-state index contributed by atoms with van der Waals surface area (Å²) in [5.41, 5.74) is 2.10. The number of hydrogen-bond donors (Lipinski definition) is 1. The molecular formula is C21H14Cl2N4O7. The van der Waals surface area contributed by atoms with Crippen molar-refractivity contribution in [2.24, 2.45) is 5.10 Å². The molecule has 0 aliphatic carbocycles. The van der Waals surface area contributed by atoms with E-state index in [1.165, 1.54) is 43.7 Å². The summed E-state index contributed by atoms with van der Waals surface area (Å²) >= 11 is 11.7. The number of hydrogen-bond acceptors (Lipinski definition) is 8. The van der Waals surface area contributed by atoms with E-state index in [9.17, 15) is 25.0 Å². The predicted molar refractivity (Wildman–Crippen MR) is 124 cm³/mol. The monoisotopic (exact) mass is 504 g/mol. The van der Waals surface area contributed by atoms with Crippen LogP contribution in [-0.2, 0) is 0 Å². The zero-order valence-electron chi connectivity index (χ0n) is 17.2. The third kappa shape index (κ3) is 5.77. The number of carbonyl (C=O) groups excluding carboxylic acids is 1. The van der Waals surface area contributed by atoms with Crippen molar-refractivity contribution >= 4 is 46.7 Å². The standard InChI is InChI=1S/C21H14Cl2N4O7/c1-33-20-8-12(11-24-25-21(28)13-3-5-15(22)16(23)9-13)2-6-19(20)34-18-7-4-14(26(29)30)10-17(18)27(31)32/h2-11H,1H3,(H,25,28). The van der Waals surface area contributed by atoms with Crippen LogP contribution in [0.3, 0.4) is 0 Å². The molecule has 0 aromatic heterocycles. The van der Waals surface area contributed by atoms with E-state index in [-0.39, 0.29) is 27.8 Å². The predicted octanol–water partition coefficient (Wildman–Crippen LogP) is 5.37. The Morgan fingerprint density at radius 2 is 1.68 bits per heavy atom. The Bertz CT molecular complexity index is 1310. The van der Waals surface area contributed by atoms with Gasteiger partial charge in [-0.1, -0.05) is 23.2 Å². The molecule has 0 saturated carbocycles. The van der Waals surface area contributed by atoms with Gasteiger partial charge in [0.1, 0.15) is 0 Å². The van der Waals surface area contributed by atoms with Crippen molar-refractivity contribution in [3.8, 4) is 17.2 Å². The molecule has 0 saturated heterocycles. The van der Waals surface area contributed by atoms with E-state index in [4.69, 9.17) is 32.7 Å². The molecule has 0 unspecified atom stereocenters. The molecule has 3 aromatic carbocycles. The fourth-order valence-electron chi connectivity index (χ4n) is 2.68. The van der Waals surface area contributed by atoms with E-state index >= 15 is 0 Å². The van der Waals surface area contributed by atoms with Crippen LogP contribution in [0.1, 0.15) is 15.9 Å². The highest BCUT2D eigenvalue weighted by Crippen LogP contribution is 2.38. The van der Waals surface area contributed by atoms with E-state index in [1.54, 1.807) is 6.07 Å². The average molecular weight is 505 g/mol. The number of non-ortho nitro benzene ring substituents is 1. The minimum Gasteiger partial charge on any atom is -0.493 e. The highest BCUT2D eigenvalue weighted by atomic mass is 35.5. The van der Waals surface area contributed by atoms with E-state index in [0.29, 0.717) is 10.6 Å². The summed E-state index contributed by atoms with van der Waals surface area (Å²) in [4.78, 5) is 32.8. The van der Waals surface area contributed by atoms with Gasteiger partial charge in [0, 0.05) is 11.6 Å². The number of carbonyl (C=O) groups is 1. The number of amides is 1. The molecule has 0 spiro atoms. The molecule has 1 amide bonds. The third-order valence-corrected chi connectivity index (χ3v) is 5.06. The summed E-state index contributed by atoms with van der Waals surface area (Å²) in [5.74, 6) is -0.389. The SMILES string of the molecule is COc1cc(C=NNC(=O)c2ccc(Cl)c(Cl)c2)ccc1Oc1ccc([N+](=O)[O-])cc1[N+](=O)[O-]. The minimum atomic E-state index is -0.785. The molecule has 1 N–H and O–H groups in total. The van der Waals surface area contributed by atoms with Crippen LogP contribution >= 0.6 is 23.2 Å². The van der Waals surface area contributed by atoms with Gasteiger partial charge in [-0.3, -0.25) is 25.0 Å². The Labute approximate surface area is 201 Å². The van der Waals surface area contributed by atoms with Crippen LogP contribution in [0.2, 0.25) is 10.0 Å². The van der Waals surface area contributed by atoms with Gasteiger partial charge in [-0.25, -0.2) is 5.43 Å². The lowest BCUT2D eigenvalue weighted by Crippen LogP contribution is -2.17. The largest absolute Gasteiger partial charge is 0.493 e. The van der Waals surface area contributed by atoms with Crippen molar-refractivity contribution in [3.63, 3.8) is 0 Å². The maximum absolute atomic E-state index is 12.2. The molecule has 3 aromatic rings. The Morgan fingerprint density at radius 1 is 0.941 bits per heavy atom. The van der Waals surface area contributed by atoms with Crippen LogP contribution in [-0.4, -0.2) is 29.1 Å². The van der Waals surface area contributed by atoms with Crippen LogP contribution in [0.5, 0.6) is 17.2 Å². The van der Waals surface area contributed by atoms with Gasteiger partial charge in [-0.2, -0.15) is 5.10 Å². The minimum absolute atomic E-state index is 0.122. The topological polar surface area (TPSA) is 146 Å². The molecular weight excluding hydrogens is 491 g/mol. The summed E-state index contributed by atoms with van der Waals surface area (Å²) in [5, 5.41) is 26.6. The molecule has 174 valence electrons. The van der Waals surface area contributed by atoms with Crippen LogP contribution < -0.4 is 14.9 Å². The van der Waals surface area contributed by atoms with Crippen molar-refractivity contribution in [1.29, 1.82) is 0 Å². The molecule has 0 heterocycles. The first-order chi connectivity index (χ1) is 16.2. The first kappa shape index (κ1) is 24.4. The van der Waals surface area contributed by atoms with Gasteiger partial charge >= 0.3 is 5.69 Å². The van der Waals surface area contributed by atoms with E-state index in [0.717, 1.165) is 18.2 Å². The highest BCUT2D eigenvalue weighted by Gasteiger charge is 2.22. The Kier molecular flexibility index (Phi) is 7.61. The lowest BCUT2D eigenvalue weighted by atomic mass is 10.2. The maximum Gasteiger partial charge on any atom is 0.318 e. The first-order valence-corrected chi connectivity index (χ1v) is 10.0. The molecule has 34 heavy (non-hydrogen) atoms. The fourth-order valence-corrected chi connectivity index (χ4v) is 2.98. The smallest absolute Gasteiger partial charge is 0.318 e. The highest BCUT2D eigenvalue weighted by molar-refractivity contribution is 6.42. The first-order valence-electron chi connectivity index (χ1n) is 9.26. The molecule has 0 aliphatic rings. The number of methoxy groups -OCH3 is 1. The summed E-state index contributed by atoms with van der Waals surface area (Å²) < 4.78 is 10.8. The molecule has 11 nitrogen and oxygen atoms in total. The number of nitro groups is 2. The fraction of sp³-hybridized carbons (Fsp3) is 0.0476. The number of ether oxygens (including phenoxy) is 2. The van der Waals surface area contributed by atoms with Gasteiger partial charge in [0.15, 0.2) is 11.5 Å². The number of halogens is 2. The molecule has 0 aliphatic heterocycles. The van der Waals surface area contributed by atoms with Gasteiger partial charge < -0.3 is 9.47 Å².